The molecule has 418 valence electrons. The molecule has 0 saturated carbocycles. The quantitative estimate of drug-likeness (QED) is 0.0261. The van der Waals surface area contributed by atoms with Gasteiger partial charge in [-0.1, -0.05) is 266 Å². The smallest absolute Gasteiger partial charge is 0.306 e. The van der Waals surface area contributed by atoms with Crippen molar-refractivity contribution in [3.8, 4) is 0 Å². The Morgan fingerprint density at radius 3 is 0.836 bits per heavy atom. The largest absolute Gasteiger partial charge is 0.462 e. The van der Waals surface area contributed by atoms with Crippen LogP contribution in [0, 0.1) is 0 Å². The molecule has 0 spiro atoms. The number of rotatable bonds is 55. The minimum atomic E-state index is -0.781. The molecule has 0 aliphatic carbocycles. The average Bonchev–Trinajstić information content (AvgIpc) is 3.39. The molecule has 0 N–H and O–H groups in total. The number of unbranched alkanes of at least 4 members (excludes halogenated alkanes) is 28. The van der Waals surface area contributed by atoms with E-state index in [-0.39, 0.29) is 31.1 Å². The minimum Gasteiger partial charge on any atom is -0.462 e. The van der Waals surface area contributed by atoms with Crippen LogP contribution >= 0.6 is 0 Å². The fourth-order valence-electron chi connectivity index (χ4n) is 8.48. The van der Waals surface area contributed by atoms with Gasteiger partial charge in [0.1, 0.15) is 13.2 Å². The molecule has 6 nitrogen and oxygen atoms in total. The molecular weight excluding hydrogens is 901 g/mol. The molecule has 0 rings (SSSR count). The molecule has 0 radical (unpaired) electrons. The molecule has 0 aliphatic heterocycles. The first-order chi connectivity index (χ1) is 36.0. The van der Waals surface area contributed by atoms with Crippen molar-refractivity contribution < 1.29 is 28.6 Å². The highest BCUT2D eigenvalue weighted by Gasteiger charge is 2.19. The fraction of sp³-hybridized carbons (Fsp3) is 0.716. The van der Waals surface area contributed by atoms with Crippen molar-refractivity contribution in [2.75, 3.05) is 13.2 Å². The van der Waals surface area contributed by atoms with E-state index in [1.54, 1.807) is 0 Å². The van der Waals surface area contributed by atoms with Crippen LogP contribution in [-0.4, -0.2) is 37.2 Å². The second-order valence-corrected chi connectivity index (χ2v) is 20.2. The second-order valence-electron chi connectivity index (χ2n) is 20.2. The average molecular weight is 1020 g/mol. The van der Waals surface area contributed by atoms with Crippen LogP contribution in [0.5, 0.6) is 0 Å². The van der Waals surface area contributed by atoms with E-state index in [2.05, 4.69) is 118 Å². The molecule has 0 saturated heterocycles. The molecule has 0 aromatic heterocycles. The zero-order chi connectivity index (χ0) is 52.9. The van der Waals surface area contributed by atoms with Crippen LogP contribution in [0.15, 0.2) is 97.2 Å². The summed E-state index contributed by atoms with van der Waals surface area (Å²) in [6.45, 7) is 6.43. The maximum absolute atomic E-state index is 12.8. The number of hydrogen-bond donors (Lipinski definition) is 0. The summed E-state index contributed by atoms with van der Waals surface area (Å²) in [5.74, 6) is -0.905. The summed E-state index contributed by atoms with van der Waals surface area (Å²) in [6, 6.07) is 0. The first kappa shape index (κ1) is 69.3. The molecule has 0 aromatic carbocycles. The Bertz CT molecular complexity index is 1440. The first-order valence-electron chi connectivity index (χ1n) is 30.7. The number of ether oxygens (including phenoxy) is 3. The Morgan fingerprint density at radius 2 is 0.534 bits per heavy atom. The third kappa shape index (κ3) is 59.1. The van der Waals surface area contributed by atoms with Crippen LogP contribution in [0.1, 0.15) is 290 Å². The summed E-state index contributed by atoms with van der Waals surface area (Å²) in [7, 11) is 0. The fourth-order valence-corrected chi connectivity index (χ4v) is 8.48. The molecule has 0 heterocycles. The van der Waals surface area contributed by atoms with Crippen molar-refractivity contribution in [1.29, 1.82) is 0 Å². The van der Waals surface area contributed by atoms with Gasteiger partial charge in [-0.15, -0.1) is 0 Å². The molecule has 0 fully saturated rings. The third-order valence-corrected chi connectivity index (χ3v) is 13.1. The van der Waals surface area contributed by atoms with E-state index in [1.165, 1.54) is 128 Å². The van der Waals surface area contributed by atoms with Gasteiger partial charge < -0.3 is 14.2 Å². The van der Waals surface area contributed by atoms with Gasteiger partial charge in [-0.2, -0.15) is 0 Å². The summed E-state index contributed by atoms with van der Waals surface area (Å²) < 4.78 is 16.7. The molecule has 0 aliphatic rings. The summed E-state index contributed by atoms with van der Waals surface area (Å²) in [4.78, 5) is 37.9. The Morgan fingerprint density at radius 1 is 0.288 bits per heavy atom. The van der Waals surface area contributed by atoms with E-state index in [0.717, 1.165) is 122 Å². The van der Waals surface area contributed by atoms with E-state index in [1.807, 2.05) is 0 Å². The van der Waals surface area contributed by atoms with Crippen molar-refractivity contribution in [3.63, 3.8) is 0 Å². The number of esters is 3. The predicted molar refractivity (Wildman–Crippen MR) is 316 cm³/mol. The third-order valence-electron chi connectivity index (χ3n) is 13.1. The van der Waals surface area contributed by atoms with Crippen LogP contribution in [0.2, 0.25) is 0 Å². The van der Waals surface area contributed by atoms with Gasteiger partial charge >= 0.3 is 17.9 Å². The Kier molecular flexibility index (Phi) is 57.8. The molecule has 1 unspecified atom stereocenters. The van der Waals surface area contributed by atoms with E-state index in [0.29, 0.717) is 19.3 Å². The lowest BCUT2D eigenvalue weighted by atomic mass is 10.0. The number of carbonyl (C=O) groups excluding carboxylic acids is 3. The topological polar surface area (TPSA) is 78.9 Å². The lowest BCUT2D eigenvalue weighted by Crippen LogP contribution is -2.30. The lowest BCUT2D eigenvalue weighted by molar-refractivity contribution is -0.167. The van der Waals surface area contributed by atoms with Gasteiger partial charge in [0.05, 0.1) is 0 Å². The number of hydrogen-bond acceptors (Lipinski definition) is 6. The monoisotopic (exact) mass is 1010 g/mol. The summed E-state index contributed by atoms with van der Waals surface area (Å²) in [6.07, 6.45) is 81.7. The Labute approximate surface area is 451 Å². The van der Waals surface area contributed by atoms with Crippen molar-refractivity contribution in [1.82, 2.24) is 0 Å². The van der Waals surface area contributed by atoms with Gasteiger partial charge in [0.25, 0.3) is 0 Å². The van der Waals surface area contributed by atoms with Crippen LogP contribution in [-0.2, 0) is 28.6 Å². The molecule has 73 heavy (non-hydrogen) atoms. The highest BCUT2D eigenvalue weighted by Crippen LogP contribution is 2.16. The van der Waals surface area contributed by atoms with Gasteiger partial charge in [0.2, 0.25) is 0 Å². The maximum atomic E-state index is 12.8. The number of allylic oxidation sites excluding steroid dienone is 16. The summed E-state index contributed by atoms with van der Waals surface area (Å²) in [5, 5.41) is 0. The lowest BCUT2D eigenvalue weighted by Gasteiger charge is -2.18. The SMILES string of the molecule is CC/C=C\C/C=C\C/C=C\C/C=C\C/C=C\CCCCCCCCCCCCCCCC(=O)OCC(COC(=O)CCCCCCC)OC(=O)CCCCCCCC/C=C\C/C=C\C/C=C\CCCCCCC. The zero-order valence-electron chi connectivity index (χ0n) is 47.9. The molecule has 0 bridgehead atoms. The van der Waals surface area contributed by atoms with Crippen LogP contribution < -0.4 is 0 Å². The van der Waals surface area contributed by atoms with Gasteiger partial charge in [0.15, 0.2) is 6.10 Å². The van der Waals surface area contributed by atoms with Crippen molar-refractivity contribution in [2.45, 2.75) is 297 Å². The molecule has 0 amide bonds. The van der Waals surface area contributed by atoms with E-state index in [9.17, 15) is 14.4 Å². The molecular formula is C67H114O6. The summed E-state index contributed by atoms with van der Waals surface area (Å²) >= 11 is 0. The maximum Gasteiger partial charge on any atom is 0.306 e. The van der Waals surface area contributed by atoms with Crippen molar-refractivity contribution in [2.24, 2.45) is 0 Å². The van der Waals surface area contributed by atoms with Crippen LogP contribution in [0.25, 0.3) is 0 Å². The highest BCUT2D eigenvalue weighted by atomic mass is 16.6. The van der Waals surface area contributed by atoms with Gasteiger partial charge in [0, 0.05) is 19.3 Å². The van der Waals surface area contributed by atoms with Gasteiger partial charge in [-0.25, -0.2) is 0 Å². The minimum absolute atomic E-state index is 0.0825. The second kappa shape index (κ2) is 60.9. The van der Waals surface area contributed by atoms with Crippen LogP contribution in [0.4, 0.5) is 0 Å². The first-order valence-corrected chi connectivity index (χ1v) is 30.7. The zero-order valence-corrected chi connectivity index (χ0v) is 47.9. The van der Waals surface area contributed by atoms with E-state index >= 15 is 0 Å². The molecule has 6 heteroatoms. The van der Waals surface area contributed by atoms with E-state index in [4.69, 9.17) is 14.2 Å². The van der Waals surface area contributed by atoms with Crippen LogP contribution in [0.3, 0.4) is 0 Å². The Hall–Kier alpha value is -3.67. The van der Waals surface area contributed by atoms with E-state index < -0.39 is 6.10 Å². The van der Waals surface area contributed by atoms with Crippen molar-refractivity contribution >= 4 is 17.9 Å². The number of carbonyl (C=O) groups is 3. The van der Waals surface area contributed by atoms with Crippen molar-refractivity contribution in [3.05, 3.63) is 97.2 Å². The predicted octanol–water partition coefficient (Wildman–Crippen LogP) is 20.9. The standard InChI is InChI=1S/C67H114O6/c1-4-7-10-13-15-17-19-21-23-25-27-29-30-31-32-33-34-35-36-38-39-41-43-45-47-49-51-54-57-60-66(69)72-63-64(62-71-65(68)59-56-53-12-9-6-3)73-67(70)61-58-55-52-50-48-46-44-42-40-37-28-26-24-22-20-18-16-14-11-8-5-2/h7,10,15,17,20-23,26-29,31-32,40,42,64H,4-6,8-9,11-14,16,18-19,24-25,30,33-39,41,43-63H2,1-3H3/b10-7-,17-15-,22-20-,23-21-,28-26-,29-27-,32-31-,42-40-. The summed E-state index contributed by atoms with van der Waals surface area (Å²) in [5.41, 5.74) is 0. The van der Waals surface area contributed by atoms with Gasteiger partial charge in [-0.05, 0) is 103 Å². The molecule has 0 aromatic rings. The normalized spacial score (nSPS) is 12.8. The highest BCUT2D eigenvalue weighted by molar-refractivity contribution is 5.71. The Balaban J connectivity index is 4.07. The van der Waals surface area contributed by atoms with Gasteiger partial charge in [-0.3, -0.25) is 14.4 Å². The molecule has 1 atom stereocenters.